The molecule has 0 saturated heterocycles. The first kappa shape index (κ1) is 12.9. The molecule has 0 aliphatic heterocycles. The summed E-state index contributed by atoms with van der Waals surface area (Å²) in [5.41, 5.74) is 2.78. The van der Waals surface area contributed by atoms with Crippen LogP contribution in [0.4, 0.5) is 0 Å². The Bertz CT molecular complexity index is 731. The number of rotatable bonds is 2. The number of hydrogen-bond acceptors (Lipinski definition) is 4. The third-order valence-corrected chi connectivity index (χ3v) is 3.30. The summed E-state index contributed by atoms with van der Waals surface area (Å²) in [6.07, 6.45) is 0. The Kier molecular flexibility index (Phi) is 3.28. The van der Waals surface area contributed by atoms with E-state index in [1.165, 1.54) is 0 Å². The summed E-state index contributed by atoms with van der Waals surface area (Å²) >= 11 is 3.45. The van der Waals surface area contributed by atoms with Gasteiger partial charge >= 0.3 is 0 Å². The Morgan fingerprint density at radius 1 is 1.05 bits per heavy atom. The maximum absolute atomic E-state index is 9.28. The quantitative estimate of drug-likeness (QED) is 0.765. The molecule has 0 spiro atoms. The maximum atomic E-state index is 9.28. The number of nitrogens with zero attached hydrogens (tertiary/aromatic N) is 2. The van der Waals surface area contributed by atoms with Gasteiger partial charge in [-0.25, -0.2) is 0 Å². The molecule has 0 fully saturated rings. The first-order chi connectivity index (χ1) is 9.61. The van der Waals surface area contributed by atoms with Crippen molar-refractivity contribution in [1.29, 1.82) is 0 Å². The molecule has 0 aliphatic rings. The molecule has 1 aromatic heterocycles. The van der Waals surface area contributed by atoms with Gasteiger partial charge in [-0.15, -0.1) is 0 Å². The van der Waals surface area contributed by atoms with Gasteiger partial charge in [0.25, 0.3) is 5.89 Å². The van der Waals surface area contributed by atoms with Crippen LogP contribution >= 0.6 is 15.9 Å². The van der Waals surface area contributed by atoms with E-state index in [9.17, 15) is 5.11 Å². The van der Waals surface area contributed by atoms with Crippen molar-refractivity contribution in [3.8, 4) is 28.6 Å². The van der Waals surface area contributed by atoms with Gasteiger partial charge in [-0.05, 0) is 55.0 Å². The summed E-state index contributed by atoms with van der Waals surface area (Å²) in [7, 11) is 0. The monoisotopic (exact) mass is 330 g/mol. The molecule has 4 nitrogen and oxygen atoms in total. The predicted octanol–water partition coefficient (Wildman–Crippen LogP) is 4.18. The highest BCUT2D eigenvalue weighted by Gasteiger charge is 2.11. The van der Waals surface area contributed by atoms with E-state index in [0.717, 1.165) is 21.2 Å². The van der Waals surface area contributed by atoms with E-state index >= 15 is 0 Å². The van der Waals surface area contributed by atoms with E-state index in [0.29, 0.717) is 11.7 Å². The summed E-state index contributed by atoms with van der Waals surface area (Å²) in [6.45, 7) is 2.01. The molecule has 3 rings (SSSR count). The number of halogens is 1. The molecule has 5 heteroatoms. The fraction of sp³-hybridized carbons (Fsp3) is 0.0667. The topological polar surface area (TPSA) is 59.2 Å². The van der Waals surface area contributed by atoms with Crippen LogP contribution in [0.1, 0.15) is 5.56 Å². The molecule has 0 unspecified atom stereocenters. The van der Waals surface area contributed by atoms with Gasteiger partial charge in [-0.1, -0.05) is 21.1 Å². The first-order valence-corrected chi connectivity index (χ1v) is 6.82. The summed E-state index contributed by atoms with van der Waals surface area (Å²) in [5, 5.41) is 13.2. The van der Waals surface area contributed by atoms with Gasteiger partial charge in [0.05, 0.1) is 0 Å². The molecule has 0 atom stereocenters. The van der Waals surface area contributed by atoms with Crippen molar-refractivity contribution in [3.63, 3.8) is 0 Å². The standard InChI is InChI=1S/C15H11BrN2O2/c1-9-6-11(8-12(16)7-9)15-17-14(18-20-15)10-2-4-13(19)5-3-10/h2-8,19H,1H3. The smallest absolute Gasteiger partial charge is 0.258 e. The Hall–Kier alpha value is -2.14. The Morgan fingerprint density at radius 3 is 2.50 bits per heavy atom. The molecule has 1 heterocycles. The molecule has 0 radical (unpaired) electrons. The lowest BCUT2D eigenvalue weighted by Gasteiger charge is -1.98. The van der Waals surface area contributed by atoms with E-state index < -0.39 is 0 Å². The maximum Gasteiger partial charge on any atom is 0.258 e. The summed E-state index contributed by atoms with van der Waals surface area (Å²) < 4.78 is 6.27. The van der Waals surface area contributed by atoms with Crippen LogP contribution in [0.5, 0.6) is 5.75 Å². The zero-order chi connectivity index (χ0) is 14.1. The molecule has 0 bridgehead atoms. The van der Waals surface area contributed by atoms with E-state index in [2.05, 4.69) is 26.1 Å². The molecule has 0 amide bonds. The van der Waals surface area contributed by atoms with Crippen molar-refractivity contribution < 1.29 is 9.63 Å². The number of aryl methyl sites for hydroxylation is 1. The largest absolute Gasteiger partial charge is 0.508 e. The minimum absolute atomic E-state index is 0.208. The highest BCUT2D eigenvalue weighted by atomic mass is 79.9. The number of benzene rings is 2. The third-order valence-electron chi connectivity index (χ3n) is 2.84. The van der Waals surface area contributed by atoms with E-state index in [1.54, 1.807) is 24.3 Å². The molecule has 20 heavy (non-hydrogen) atoms. The molecule has 1 N–H and O–H groups in total. The minimum Gasteiger partial charge on any atom is -0.508 e. The zero-order valence-electron chi connectivity index (χ0n) is 10.7. The summed E-state index contributed by atoms with van der Waals surface area (Å²) in [4.78, 5) is 4.38. The lowest BCUT2D eigenvalue weighted by atomic mass is 10.1. The lowest BCUT2D eigenvalue weighted by Crippen LogP contribution is -1.82. The Morgan fingerprint density at radius 2 is 1.80 bits per heavy atom. The molecule has 100 valence electrons. The van der Waals surface area contributed by atoms with Crippen molar-refractivity contribution in [2.75, 3.05) is 0 Å². The average molecular weight is 331 g/mol. The predicted molar refractivity (Wildman–Crippen MR) is 79.3 cm³/mol. The molecule has 0 aliphatic carbocycles. The molecular formula is C15H11BrN2O2. The van der Waals surface area contributed by atoms with Crippen LogP contribution < -0.4 is 0 Å². The van der Waals surface area contributed by atoms with Crippen LogP contribution in [0.2, 0.25) is 0 Å². The van der Waals surface area contributed by atoms with E-state index in [1.807, 2.05) is 25.1 Å². The zero-order valence-corrected chi connectivity index (χ0v) is 12.3. The molecule has 0 saturated carbocycles. The van der Waals surface area contributed by atoms with Gasteiger partial charge in [0.1, 0.15) is 5.75 Å². The first-order valence-electron chi connectivity index (χ1n) is 6.02. The normalized spacial score (nSPS) is 10.7. The highest BCUT2D eigenvalue weighted by Crippen LogP contribution is 2.26. The number of aromatic hydroxyl groups is 1. The van der Waals surface area contributed by atoms with E-state index in [-0.39, 0.29) is 5.75 Å². The number of hydrogen-bond donors (Lipinski definition) is 1. The van der Waals surface area contributed by atoms with Crippen molar-refractivity contribution >= 4 is 15.9 Å². The minimum atomic E-state index is 0.208. The SMILES string of the molecule is Cc1cc(Br)cc(-c2nc(-c3ccc(O)cc3)no2)c1. The fourth-order valence-electron chi connectivity index (χ4n) is 1.93. The highest BCUT2D eigenvalue weighted by molar-refractivity contribution is 9.10. The van der Waals surface area contributed by atoms with Gasteiger partial charge in [-0.3, -0.25) is 0 Å². The lowest BCUT2D eigenvalue weighted by molar-refractivity contribution is 0.432. The Labute approximate surface area is 124 Å². The van der Waals surface area contributed by atoms with Crippen molar-refractivity contribution in [1.82, 2.24) is 10.1 Å². The van der Waals surface area contributed by atoms with Crippen LogP contribution in [0, 0.1) is 6.92 Å². The molecule has 3 aromatic rings. The van der Waals surface area contributed by atoms with Crippen molar-refractivity contribution in [3.05, 3.63) is 52.5 Å². The van der Waals surface area contributed by atoms with Crippen LogP contribution in [-0.4, -0.2) is 15.2 Å². The van der Waals surface area contributed by atoms with Crippen LogP contribution in [0.3, 0.4) is 0 Å². The number of aromatic nitrogens is 2. The van der Waals surface area contributed by atoms with Crippen LogP contribution in [0.25, 0.3) is 22.8 Å². The molecular weight excluding hydrogens is 320 g/mol. The second-order valence-corrected chi connectivity index (χ2v) is 5.40. The fourth-order valence-corrected chi connectivity index (χ4v) is 2.54. The van der Waals surface area contributed by atoms with Crippen molar-refractivity contribution in [2.24, 2.45) is 0 Å². The number of phenolic OH excluding ortho intramolecular Hbond substituents is 1. The molecule has 2 aromatic carbocycles. The number of phenols is 1. The second kappa shape index (κ2) is 5.09. The van der Waals surface area contributed by atoms with Gasteiger partial charge < -0.3 is 9.63 Å². The summed E-state index contributed by atoms with van der Waals surface area (Å²) in [5.74, 6) is 1.18. The van der Waals surface area contributed by atoms with Gasteiger partial charge in [0, 0.05) is 15.6 Å². The van der Waals surface area contributed by atoms with Gasteiger partial charge in [0.15, 0.2) is 0 Å². The van der Waals surface area contributed by atoms with Crippen molar-refractivity contribution in [2.45, 2.75) is 6.92 Å². The van der Waals surface area contributed by atoms with Gasteiger partial charge in [-0.2, -0.15) is 4.98 Å². The average Bonchev–Trinajstić information content (AvgIpc) is 2.88. The summed E-state index contributed by atoms with van der Waals surface area (Å²) in [6, 6.07) is 12.6. The third kappa shape index (κ3) is 2.58. The second-order valence-electron chi connectivity index (χ2n) is 4.49. The van der Waals surface area contributed by atoms with Gasteiger partial charge in [0.2, 0.25) is 5.82 Å². The van der Waals surface area contributed by atoms with E-state index in [4.69, 9.17) is 4.52 Å². The Balaban J connectivity index is 1.99. The van der Waals surface area contributed by atoms with Crippen LogP contribution in [0.15, 0.2) is 51.5 Å². The van der Waals surface area contributed by atoms with Crippen LogP contribution in [-0.2, 0) is 0 Å².